The first kappa shape index (κ1) is 14.8. The topological polar surface area (TPSA) is 21.3 Å². The molecule has 1 N–H and O–H groups in total. The lowest BCUT2D eigenvalue weighted by Gasteiger charge is -2.17. The summed E-state index contributed by atoms with van der Waals surface area (Å²) < 4.78 is 32.9. The molecule has 0 aliphatic heterocycles. The van der Waals surface area contributed by atoms with E-state index in [1.807, 2.05) is 12.1 Å². The Kier molecular flexibility index (Phi) is 4.60. The fourth-order valence-corrected chi connectivity index (χ4v) is 2.48. The van der Waals surface area contributed by atoms with Crippen molar-refractivity contribution in [1.82, 2.24) is 0 Å². The van der Waals surface area contributed by atoms with Crippen molar-refractivity contribution in [2.24, 2.45) is 0 Å². The molecule has 0 heterocycles. The summed E-state index contributed by atoms with van der Waals surface area (Å²) in [6, 6.07) is 9.25. The SMILES string of the molecule is COc1ccc(NC(C)c2cccc(F)c2F)cc1Br. The highest BCUT2D eigenvalue weighted by atomic mass is 79.9. The predicted octanol–water partition coefficient (Wildman–Crippen LogP) is 4.91. The molecule has 2 aromatic rings. The molecular formula is C15H14BrF2NO. The van der Waals surface area contributed by atoms with Crippen LogP contribution in [0, 0.1) is 11.6 Å². The molecule has 2 rings (SSSR count). The summed E-state index contributed by atoms with van der Waals surface area (Å²) in [5, 5.41) is 3.13. The van der Waals surface area contributed by atoms with Crippen LogP contribution in [0.1, 0.15) is 18.5 Å². The zero-order valence-electron chi connectivity index (χ0n) is 11.1. The van der Waals surface area contributed by atoms with Crippen LogP contribution in [0.15, 0.2) is 40.9 Å². The van der Waals surface area contributed by atoms with Gasteiger partial charge in [0.25, 0.3) is 0 Å². The number of methoxy groups -OCH3 is 1. The lowest BCUT2D eigenvalue weighted by Crippen LogP contribution is -2.09. The Balaban J connectivity index is 2.21. The third kappa shape index (κ3) is 3.10. The molecule has 1 unspecified atom stereocenters. The Labute approximate surface area is 124 Å². The number of anilines is 1. The summed E-state index contributed by atoms with van der Waals surface area (Å²) in [7, 11) is 1.58. The first-order valence-corrected chi connectivity index (χ1v) is 6.86. The van der Waals surface area contributed by atoms with Gasteiger partial charge in [0, 0.05) is 11.3 Å². The number of rotatable bonds is 4. The zero-order chi connectivity index (χ0) is 14.7. The second kappa shape index (κ2) is 6.22. The van der Waals surface area contributed by atoms with Crippen LogP contribution in [-0.2, 0) is 0 Å². The van der Waals surface area contributed by atoms with E-state index in [1.54, 1.807) is 26.2 Å². The second-order valence-corrected chi connectivity index (χ2v) is 5.21. The van der Waals surface area contributed by atoms with Crippen molar-refractivity contribution in [2.75, 3.05) is 12.4 Å². The quantitative estimate of drug-likeness (QED) is 0.853. The Hall–Kier alpha value is -1.62. The molecule has 0 aliphatic carbocycles. The van der Waals surface area contributed by atoms with Crippen LogP contribution in [0.3, 0.4) is 0 Å². The Morgan fingerprint density at radius 2 is 1.95 bits per heavy atom. The third-order valence-corrected chi connectivity index (χ3v) is 3.60. The lowest BCUT2D eigenvalue weighted by atomic mass is 10.1. The summed E-state index contributed by atoms with van der Waals surface area (Å²) in [4.78, 5) is 0. The lowest BCUT2D eigenvalue weighted by molar-refractivity contribution is 0.412. The number of ether oxygens (including phenoxy) is 1. The fourth-order valence-electron chi connectivity index (χ4n) is 1.94. The van der Waals surface area contributed by atoms with Gasteiger partial charge in [0.2, 0.25) is 0 Å². The van der Waals surface area contributed by atoms with Crippen LogP contribution < -0.4 is 10.1 Å². The largest absolute Gasteiger partial charge is 0.496 e. The van der Waals surface area contributed by atoms with E-state index in [1.165, 1.54) is 6.07 Å². The van der Waals surface area contributed by atoms with Crippen LogP contribution in [0.25, 0.3) is 0 Å². The van der Waals surface area contributed by atoms with E-state index >= 15 is 0 Å². The second-order valence-electron chi connectivity index (χ2n) is 4.36. The van der Waals surface area contributed by atoms with E-state index in [9.17, 15) is 8.78 Å². The molecule has 0 radical (unpaired) electrons. The van der Waals surface area contributed by atoms with Crippen LogP contribution in [-0.4, -0.2) is 7.11 Å². The maximum absolute atomic E-state index is 13.7. The van der Waals surface area contributed by atoms with Gasteiger partial charge in [-0.15, -0.1) is 0 Å². The maximum atomic E-state index is 13.7. The molecule has 1 atom stereocenters. The van der Waals surface area contributed by atoms with Gasteiger partial charge in [0.15, 0.2) is 11.6 Å². The average molecular weight is 342 g/mol. The third-order valence-electron chi connectivity index (χ3n) is 2.98. The van der Waals surface area contributed by atoms with Gasteiger partial charge in [0.05, 0.1) is 17.6 Å². The summed E-state index contributed by atoms with van der Waals surface area (Å²) in [6.07, 6.45) is 0. The number of nitrogens with one attached hydrogen (secondary N) is 1. The normalized spacial score (nSPS) is 12.1. The first-order chi connectivity index (χ1) is 9.52. The summed E-state index contributed by atoms with van der Waals surface area (Å²) in [5.74, 6) is -0.952. The molecular weight excluding hydrogens is 328 g/mol. The van der Waals surface area contributed by atoms with Crippen molar-refractivity contribution in [3.8, 4) is 5.75 Å². The van der Waals surface area contributed by atoms with Gasteiger partial charge in [-0.25, -0.2) is 8.78 Å². The molecule has 20 heavy (non-hydrogen) atoms. The molecule has 2 aromatic carbocycles. The minimum Gasteiger partial charge on any atom is -0.496 e. The number of halogens is 3. The molecule has 0 aliphatic rings. The Bertz CT molecular complexity index is 619. The molecule has 5 heteroatoms. The van der Waals surface area contributed by atoms with Crippen molar-refractivity contribution in [3.63, 3.8) is 0 Å². The van der Waals surface area contributed by atoms with Crippen molar-refractivity contribution in [3.05, 3.63) is 58.1 Å². The molecule has 0 bridgehead atoms. The molecule has 0 saturated carbocycles. The number of hydrogen-bond acceptors (Lipinski definition) is 2. The molecule has 0 saturated heterocycles. The van der Waals surface area contributed by atoms with Gasteiger partial charge < -0.3 is 10.1 Å². The first-order valence-electron chi connectivity index (χ1n) is 6.07. The van der Waals surface area contributed by atoms with Gasteiger partial charge in [0.1, 0.15) is 5.75 Å². The van der Waals surface area contributed by atoms with Gasteiger partial charge in [-0.05, 0) is 47.1 Å². The van der Waals surface area contributed by atoms with Gasteiger partial charge >= 0.3 is 0 Å². The Morgan fingerprint density at radius 3 is 2.60 bits per heavy atom. The summed E-state index contributed by atoms with van der Waals surface area (Å²) in [6.45, 7) is 1.77. The number of hydrogen-bond donors (Lipinski definition) is 1. The van der Waals surface area contributed by atoms with E-state index in [2.05, 4.69) is 21.2 Å². The van der Waals surface area contributed by atoms with Crippen molar-refractivity contribution in [1.29, 1.82) is 0 Å². The summed E-state index contributed by atoms with van der Waals surface area (Å²) in [5.41, 5.74) is 1.07. The maximum Gasteiger partial charge on any atom is 0.164 e. The molecule has 0 fully saturated rings. The monoisotopic (exact) mass is 341 g/mol. The minimum absolute atomic E-state index is 0.289. The van der Waals surface area contributed by atoms with Gasteiger partial charge in [-0.2, -0.15) is 0 Å². The van der Waals surface area contributed by atoms with E-state index in [4.69, 9.17) is 4.74 Å². The van der Waals surface area contributed by atoms with E-state index < -0.39 is 11.6 Å². The van der Waals surface area contributed by atoms with Crippen molar-refractivity contribution >= 4 is 21.6 Å². The highest BCUT2D eigenvalue weighted by Gasteiger charge is 2.14. The highest BCUT2D eigenvalue weighted by molar-refractivity contribution is 9.10. The smallest absolute Gasteiger partial charge is 0.164 e. The molecule has 0 aromatic heterocycles. The van der Waals surface area contributed by atoms with Crippen LogP contribution in [0.4, 0.5) is 14.5 Å². The van der Waals surface area contributed by atoms with Gasteiger partial charge in [-0.3, -0.25) is 0 Å². The van der Waals surface area contributed by atoms with E-state index in [0.717, 1.165) is 16.2 Å². The Morgan fingerprint density at radius 1 is 1.20 bits per heavy atom. The number of benzene rings is 2. The molecule has 2 nitrogen and oxygen atoms in total. The average Bonchev–Trinajstić information content (AvgIpc) is 2.42. The highest BCUT2D eigenvalue weighted by Crippen LogP contribution is 2.30. The molecule has 106 valence electrons. The minimum atomic E-state index is -0.841. The summed E-state index contributed by atoms with van der Waals surface area (Å²) >= 11 is 3.38. The van der Waals surface area contributed by atoms with E-state index in [0.29, 0.717) is 5.75 Å². The fraction of sp³-hybridized carbons (Fsp3) is 0.200. The van der Waals surface area contributed by atoms with Crippen molar-refractivity contribution < 1.29 is 13.5 Å². The van der Waals surface area contributed by atoms with Crippen molar-refractivity contribution in [2.45, 2.75) is 13.0 Å². The molecule has 0 amide bonds. The standard InChI is InChI=1S/C15H14BrF2NO/c1-9(11-4-3-5-13(17)15(11)18)19-10-6-7-14(20-2)12(16)8-10/h3-9,19H,1-2H3. The van der Waals surface area contributed by atoms with Crippen LogP contribution in [0.5, 0.6) is 5.75 Å². The predicted molar refractivity (Wildman–Crippen MR) is 79.1 cm³/mol. The van der Waals surface area contributed by atoms with Crippen LogP contribution >= 0.6 is 15.9 Å². The van der Waals surface area contributed by atoms with Gasteiger partial charge in [-0.1, -0.05) is 12.1 Å². The van der Waals surface area contributed by atoms with E-state index in [-0.39, 0.29) is 11.6 Å². The van der Waals surface area contributed by atoms with Crippen LogP contribution in [0.2, 0.25) is 0 Å². The zero-order valence-corrected chi connectivity index (χ0v) is 12.7. The molecule has 0 spiro atoms.